The summed E-state index contributed by atoms with van der Waals surface area (Å²) in [6.45, 7) is 0. The molecule has 3 aromatic rings. The van der Waals surface area contributed by atoms with Crippen LogP contribution < -0.4 is 4.90 Å². The number of Topliss-reactive ketones (excluding diaryl/α,β-unsaturated/α-hetero) is 2. The molecule has 0 aromatic heterocycles. The Morgan fingerprint density at radius 2 is 1.41 bits per heavy atom. The maximum atomic E-state index is 14.1. The van der Waals surface area contributed by atoms with Gasteiger partial charge in [-0.25, -0.2) is 9.29 Å². The first-order chi connectivity index (χ1) is 17.6. The highest BCUT2D eigenvalue weighted by atomic mass is 19.4. The number of para-hydroxylation sites is 1. The Bertz CT molecular complexity index is 1500. The molecule has 3 unspecified atom stereocenters. The van der Waals surface area contributed by atoms with Crippen LogP contribution in [-0.2, 0) is 20.5 Å². The number of hydrogen-bond acceptors (Lipinski definition) is 5. The molecule has 2 fully saturated rings. The zero-order chi connectivity index (χ0) is 26.3. The van der Waals surface area contributed by atoms with Gasteiger partial charge in [0, 0.05) is 11.1 Å². The van der Waals surface area contributed by atoms with E-state index in [1.54, 1.807) is 0 Å². The molecule has 37 heavy (non-hydrogen) atoms. The number of fused-ring (bicyclic) bond motifs is 3. The van der Waals surface area contributed by atoms with E-state index in [4.69, 9.17) is 4.74 Å². The Morgan fingerprint density at radius 3 is 2.03 bits per heavy atom. The second-order valence-electron chi connectivity index (χ2n) is 9.06. The SMILES string of the molecule is O=C1C2C(c3cccc(F)c3)OC3(C(=O)c4ccccc4C3=O)C2C(=O)N1c1ccccc1C(F)(F)F. The molecule has 3 aliphatic rings. The molecule has 10 heteroatoms. The number of carbonyl (C=O) groups is 4. The molecule has 1 aliphatic carbocycles. The van der Waals surface area contributed by atoms with Gasteiger partial charge in [-0.15, -0.1) is 0 Å². The lowest BCUT2D eigenvalue weighted by Gasteiger charge is -2.28. The highest BCUT2D eigenvalue weighted by molar-refractivity contribution is 6.37. The van der Waals surface area contributed by atoms with Crippen LogP contribution in [0.5, 0.6) is 0 Å². The molecule has 0 saturated carbocycles. The average molecular weight is 509 g/mol. The summed E-state index contributed by atoms with van der Waals surface area (Å²) >= 11 is 0. The number of amides is 2. The van der Waals surface area contributed by atoms with Gasteiger partial charge in [-0.05, 0) is 29.8 Å². The predicted octanol–water partition coefficient (Wildman–Crippen LogP) is 4.54. The number of anilines is 1. The molecule has 0 bridgehead atoms. The maximum Gasteiger partial charge on any atom is 0.418 e. The standard InChI is InChI=1S/C27H15F4NO5/c28-14-7-5-6-13(12-14)21-19-20(26(37-21)22(33)15-8-1-2-9-16(15)23(26)34)25(36)32(24(19)35)18-11-4-3-10-17(18)27(29,30)31/h1-12,19-21H. The van der Waals surface area contributed by atoms with E-state index in [1.807, 2.05) is 0 Å². The Labute approximate surface area is 206 Å². The van der Waals surface area contributed by atoms with Gasteiger partial charge in [0.1, 0.15) is 5.82 Å². The number of alkyl halides is 3. The van der Waals surface area contributed by atoms with Gasteiger partial charge in [0.2, 0.25) is 29.0 Å². The highest BCUT2D eigenvalue weighted by Crippen LogP contribution is 2.58. The Hall–Kier alpha value is -4.18. The van der Waals surface area contributed by atoms with Gasteiger partial charge in [-0.3, -0.25) is 19.2 Å². The van der Waals surface area contributed by atoms with E-state index in [1.165, 1.54) is 42.5 Å². The molecule has 1 spiro atoms. The van der Waals surface area contributed by atoms with Gasteiger partial charge < -0.3 is 4.74 Å². The molecule has 0 N–H and O–H groups in total. The van der Waals surface area contributed by atoms with Crippen molar-refractivity contribution in [2.45, 2.75) is 17.9 Å². The largest absolute Gasteiger partial charge is 0.418 e. The van der Waals surface area contributed by atoms with Gasteiger partial charge in [-0.1, -0.05) is 48.5 Å². The smallest absolute Gasteiger partial charge is 0.349 e. The quantitative estimate of drug-likeness (QED) is 0.288. The summed E-state index contributed by atoms with van der Waals surface area (Å²) in [7, 11) is 0. The maximum absolute atomic E-state index is 14.1. The lowest BCUT2D eigenvalue weighted by molar-refractivity contribution is -0.137. The Balaban J connectivity index is 1.57. The summed E-state index contributed by atoms with van der Waals surface area (Å²) < 4.78 is 61.5. The predicted molar refractivity (Wildman–Crippen MR) is 119 cm³/mol. The van der Waals surface area contributed by atoms with Gasteiger partial charge in [-0.2, -0.15) is 13.2 Å². The molecule has 3 aromatic carbocycles. The lowest BCUT2D eigenvalue weighted by Crippen LogP contribution is -2.51. The Kier molecular flexibility index (Phi) is 4.81. The lowest BCUT2D eigenvalue weighted by atomic mass is 9.77. The van der Waals surface area contributed by atoms with Crippen molar-refractivity contribution >= 4 is 29.1 Å². The number of halogens is 4. The van der Waals surface area contributed by atoms with Crippen LogP contribution in [0.3, 0.4) is 0 Å². The summed E-state index contributed by atoms with van der Waals surface area (Å²) in [6, 6.07) is 14.7. The number of ether oxygens (including phenoxy) is 1. The average Bonchev–Trinajstić information content (AvgIpc) is 3.43. The van der Waals surface area contributed by atoms with Crippen LogP contribution in [0.1, 0.15) is 37.9 Å². The van der Waals surface area contributed by atoms with E-state index in [9.17, 15) is 36.7 Å². The summed E-state index contributed by atoms with van der Waals surface area (Å²) in [4.78, 5) is 55.2. The minimum absolute atomic E-state index is 0.0273. The highest BCUT2D eigenvalue weighted by Gasteiger charge is 2.75. The van der Waals surface area contributed by atoms with Crippen molar-refractivity contribution in [3.05, 3.63) is 101 Å². The molecular weight excluding hydrogens is 494 g/mol. The van der Waals surface area contributed by atoms with Gasteiger partial charge in [0.15, 0.2) is 0 Å². The topological polar surface area (TPSA) is 80.8 Å². The third kappa shape index (κ3) is 3.02. The van der Waals surface area contributed by atoms with Crippen LogP contribution in [-0.4, -0.2) is 29.0 Å². The number of hydrogen-bond donors (Lipinski definition) is 0. The molecular formula is C27H15F4NO5. The van der Waals surface area contributed by atoms with E-state index >= 15 is 0 Å². The fraction of sp³-hybridized carbons (Fsp3) is 0.185. The molecule has 2 amide bonds. The molecule has 6 nitrogen and oxygen atoms in total. The molecule has 6 rings (SSSR count). The summed E-state index contributed by atoms with van der Waals surface area (Å²) in [5.41, 5.74) is -4.42. The number of rotatable bonds is 2. The first-order valence-corrected chi connectivity index (χ1v) is 11.2. The first-order valence-electron chi connectivity index (χ1n) is 11.2. The van der Waals surface area contributed by atoms with Gasteiger partial charge in [0.25, 0.3) is 0 Å². The van der Waals surface area contributed by atoms with E-state index in [-0.39, 0.29) is 16.7 Å². The summed E-state index contributed by atoms with van der Waals surface area (Å²) in [5, 5.41) is 0. The second kappa shape index (κ2) is 7.66. The molecule has 2 saturated heterocycles. The third-order valence-corrected chi connectivity index (χ3v) is 7.15. The van der Waals surface area contributed by atoms with Crippen molar-refractivity contribution in [2.75, 3.05) is 4.90 Å². The molecule has 2 heterocycles. The van der Waals surface area contributed by atoms with E-state index in [0.717, 1.165) is 30.3 Å². The van der Waals surface area contributed by atoms with Crippen molar-refractivity contribution in [1.29, 1.82) is 0 Å². The van der Waals surface area contributed by atoms with E-state index < -0.39 is 70.2 Å². The van der Waals surface area contributed by atoms with Crippen LogP contribution in [0, 0.1) is 17.7 Å². The zero-order valence-electron chi connectivity index (χ0n) is 18.7. The number of ketones is 2. The van der Waals surface area contributed by atoms with Gasteiger partial charge >= 0.3 is 6.18 Å². The normalized spacial score (nSPS) is 24.2. The van der Waals surface area contributed by atoms with Crippen LogP contribution in [0.2, 0.25) is 0 Å². The number of nitrogens with zero attached hydrogens (tertiary/aromatic N) is 1. The Morgan fingerprint density at radius 1 is 0.784 bits per heavy atom. The molecule has 0 radical (unpaired) electrons. The fourth-order valence-corrected chi connectivity index (χ4v) is 5.65. The number of carbonyl (C=O) groups excluding carboxylic acids is 4. The second-order valence-corrected chi connectivity index (χ2v) is 9.06. The summed E-state index contributed by atoms with van der Waals surface area (Å²) in [5.74, 6) is -7.97. The van der Waals surface area contributed by atoms with Gasteiger partial charge in [0.05, 0.1) is 29.2 Å². The van der Waals surface area contributed by atoms with Crippen molar-refractivity contribution < 1.29 is 41.5 Å². The van der Waals surface area contributed by atoms with Crippen molar-refractivity contribution in [3.63, 3.8) is 0 Å². The molecule has 186 valence electrons. The zero-order valence-corrected chi connectivity index (χ0v) is 18.7. The van der Waals surface area contributed by atoms with E-state index in [2.05, 4.69) is 0 Å². The fourth-order valence-electron chi connectivity index (χ4n) is 5.65. The molecule has 3 atom stereocenters. The molecule has 2 aliphatic heterocycles. The van der Waals surface area contributed by atoms with Crippen molar-refractivity contribution in [2.24, 2.45) is 11.8 Å². The number of benzene rings is 3. The van der Waals surface area contributed by atoms with Crippen LogP contribution in [0.15, 0.2) is 72.8 Å². The first kappa shape index (κ1) is 23.2. The van der Waals surface area contributed by atoms with Crippen molar-refractivity contribution in [3.8, 4) is 0 Å². The van der Waals surface area contributed by atoms with Crippen LogP contribution in [0.25, 0.3) is 0 Å². The summed E-state index contributed by atoms with van der Waals surface area (Å²) in [6.07, 6.45) is -6.34. The van der Waals surface area contributed by atoms with Crippen LogP contribution in [0.4, 0.5) is 23.2 Å². The third-order valence-electron chi connectivity index (χ3n) is 7.15. The van der Waals surface area contributed by atoms with Crippen molar-refractivity contribution in [1.82, 2.24) is 0 Å². The van der Waals surface area contributed by atoms with Crippen LogP contribution >= 0.6 is 0 Å². The monoisotopic (exact) mass is 509 g/mol. The minimum atomic E-state index is -4.90. The minimum Gasteiger partial charge on any atom is -0.349 e. The van der Waals surface area contributed by atoms with E-state index in [0.29, 0.717) is 4.90 Å². The number of imide groups is 1.